The van der Waals surface area contributed by atoms with Crippen LogP contribution in [-0.2, 0) is 4.74 Å². The molecular formula is C13H23N5O2S. The van der Waals surface area contributed by atoms with Gasteiger partial charge in [0.15, 0.2) is 0 Å². The Balaban J connectivity index is 1.87. The molecule has 0 unspecified atom stereocenters. The smallest absolute Gasteiger partial charge is 0.410 e. The SMILES string of the molecule is CC(C)C(C)(C)OC(=O)N1CCN(c2nnc(N)s2)CC1. The molecule has 1 aliphatic rings. The fraction of sp³-hybridized carbons (Fsp3) is 0.769. The standard InChI is InChI=1S/C13H23N5O2S/c1-9(2)13(3,4)20-12(19)18-7-5-17(6-8-18)11-16-15-10(14)21-11/h9H,5-8H2,1-4H3,(H2,14,15). The van der Waals surface area contributed by atoms with Crippen LogP contribution in [0.5, 0.6) is 0 Å². The zero-order valence-electron chi connectivity index (χ0n) is 13.0. The summed E-state index contributed by atoms with van der Waals surface area (Å²) in [4.78, 5) is 16.0. The van der Waals surface area contributed by atoms with Crippen LogP contribution in [0.1, 0.15) is 27.7 Å². The maximum absolute atomic E-state index is 12.2. The Morgan fingerprint density at radius 3 is 2.38 bits per heavy atom. The van der Waals surface area contributed by atoms with Gasteiger partial charge in [-0.1, -0.05) is 25.2 Å². The van der Waals surface area contributed by atoms with Gasteiger partial charge in [0.05, 0.1) is 0 Å². The van der Waals surface area contributed by atoms with E-state index in [2.05, 4.69) is 15.1 Å². The minimum atomic E-state index is -0.456. The minimum Gasteiger partial charge on any atom is -0.443 e. The Morgan fingerprint density at radius 2 is 1.90 bits per heavy atom. The van der Waals surface area contributed by atoms with E-state index in [9.17, 15) is 4.79 Å². The maximum Gasteiger partial charge on any atom is 0.410 e. The molecule has 0 bridgehead atoms. The summed E-state index contributed by atoms with van der Waals surface area (Å²) < 4.78 is 5.61. The largest absolute Gasteiger partial charge is 0.443 e. The Bertz CT molecular complexity index is 495. The molecule has 2 heterocycles. The van der Waals surface area contributed by atoms with Gasteiger partial charge in [-0.3, -0.25) is 0 Å². The number of hydrogen-bond donors (Lipinski definition) is 1. The van der Waals surface area contributed by atoms with Gasteiger partial charge in [0, 0.05) is 26.2 Å². The van der Waals surface area contributed by atoms with E-state index in [1.807, 2.05) is 27.7 Å². The molecule has 0 atom stereocenters. The number of nitrogen functional groups attached to an aromatic ring is 1. The number of amides is 1. The van der Waals surface area contributed by atoms with Crippen LogP contribution in [0.3, 0.4) is 0 Å². The summed E-state index contributed by atoms with van der Waals surface area (Å²) in [7, 11) is 0. The Morgan fingerprint density at radius 1 is 1.29 bits per heavy atom. The van der Waals surface area contributed by atoms with Crippen molar-refractivity contribution in [3.8, 4) is 0 Å². The van der Waals surface area contributed by atoms with Gasteiger partial charge >= 0.3 is 6.09 Å². The first-order valence-corrected chi connectivity index (χ1v) is 7.93. The number of anilines is 2. The molecule has 0 aliphatic carbocycles. The highest BCUT2D eigenvalue weighted by Gasteiger charge is 2.31. The van der Waals surface area contributed by atoms with Crippen molar-refractivity contribution in [3.05, 3.63) is 0 Å². The summed E-state index contributed by atoms with van der Waals surface area (Å²) in [5, 5.41) is 9.11. The minimum absolute atomic E-state index is 0.245. The molecule has 1 saturated heterocycles. The lowest BCUT2D eigenvalue weighted by Crippen LogP contribution is -2.50. The number of nitrogens with two attached hydrogens (primary N) is 1. The molecule has 118 valence electrons. The van der Waals surface area contributed by atoms with Crippen molar-refractivity contribution in [1.29, 1.82) is 0 Å². The number of nitrogens with zero attached hydrogens (tertiary/aromatic N) is 4. The summed E-state index contributed by atoms with van der Waals surface area (Å²) in [6.07, 6.45) is -0.245. The van der Waals surface area contributed by atoms with E-state index >= 15 is 0 Å². The molecule has 1 aromatic rings. The molecular weight excluding hydrogens is 290 g/mol. The molecule has 21 heavy (non-hydrogen) atoms. The summed E-state index contributed by atoms with van der Waals surface area (Å²) in [5.74, 6) is 0.270. The number of piperazine rings is 1. The molecule has 0 radical (unpaired) electrons. The summed E-state index contributed by atoms with van der Waals surface area (Å²) in [6, 6.07) is 0. The first-order valence-electron chi connectivity index (χ1n) is 7.11. The number of ether oxygens (including phenoxy) is 1. The first-order chi connectivity index (χ1) is 9.79. The van der Waals surface area contributed by atoms with Crippen molar-refractivity contribution < 1.29 is 9.53 Å². The van der Waals surface area contributed by atoms with E-state index in [1.54, 1.807) is 4.90 Å². The monoisotopic (exact) mass is 313 g/mol. The molecule has 1 fully saturated rings. The predicted octanol–water partition coefficient (Wildman–Crippen LogP) is 1.81. The average Bonchev–Trinajstić information content (AvgIpc) is 2.85. The zero-order valence-corrected chi connectivity index (χ0v) is 13.8. The number of hydrogen-bond acceptors (Lipinski definition) is 7. The third-order valence-electron chi connectivity index (χ3n) is 3.98. The Kier molecular flexibility index (Phi) is 4.55. The third kappa shape index (κ3) is 3.75. The molecule has 1 aliphatic heterocycles. The van der Waals surface area contributed by atoms with E-state index in [-0.39, 0.29) is 12.0 Å². The van der Waals surface area contributed by atoms with Crippen LogP contribution in [0.2, 0.25) is 0 Å². The number of carbonyl (C=O) groups is 1. The van der Waals surface area contributed by atoms with Crippen molar-refractivity contribution in [1.82, 2.24) is 15.1 Å². The van der Waals surface area contributed by atoms with Crippen LogP contribution >= 0.6 is 11.3 Å². The highest BCUT2D eigenvalue weighted by atomic mass is 32.1. The lowest BCUT2D eigenvalue weighted by Gasteiger charge is -2.37. The fourth-order valence-electron chi connectivity index (χ4n) is 1.84. The van der Waals surface area contributed by atoms with E-state index in [0.717, 1.165) is 5.13 Å². The number of carbonyl (C=O) groups excluding carboxylic acids is 1. The quantitative estimate of drug-likeness (QED) is 0.916. The first kappa shape index (κ1) is 15.8. The molecule has 0 spiro atoms. The van der Waals surface area contributed by atoms with Crippen LogP contribution in [0, 0.1) is 5.92 Å². The second-order valence-corrected chi connectivity index (χ2v) is 7.01. The van der Waals surface area contributed by atoms with Gasteiger partial charge in [-0.2, -0.15) is 0 Å². The van der Waals surface area contributed by atoms with E-state index in [4.69, 9.17) is 10.5 Å². The zero-order chi connectivity index (χ0) is 15.6. The third-order valence-corrected chi connectivity index (χ3v) is 4.79. The average molecular weight is 313 g/mol. The van der Waals surface area contributed by atoms with Crippen molar-refractivity contribution in [2.45, 2.75) is 33.3 Å². The molecule has 2 rings (SSSR count). The summed E-state index contributed by atoms with van der Waals surface area (Å²) in [5.41, 5.74) is 5.14. The van der Waals surface area contributed by atoms with E-state index in [1.165, 1.54) is 11.3 Å². The van der Waals surface area contributed by atoms with Crippen molar-refractivity contribution in [2.75, 3.05) is 36.8 Å². The lowest BCUT2D eigenvalue weighted by molar-refractivity contribution is -0.0154. The predicted molar refractivity (Wildman–Crippen MR) is 83.5 cm³/mol. The number of rotatable bonds is 3. The van der Waals surface area contributed by atoms with Crippen LogP contribution in [0.15, 0.2) is 0 Å². The molecule has 0 aromatic carbocycles. The molecule has 8 heteroatoms. The molecule has 7 nitrogen and oxygen atoms in total. The van der Waals surface area contributed by atoms with Gasteiger partial charge in [-0.05, 0) is 19.8 Å². The maximum atomic E-state index is 12.2. The second-order valence-electron chi connectivity index (χ2n) is 6.02. The van der Waals surface area contributed by atoms with Gasteiger partial charge in [-0.25, -0.2) is 4.79 Å². The van der Waals surface area contributed by atoms with Crippen molar-refractivity contribution >= 4 is 27.7 Å². The summed E-state index contributed by atoms with van der Waals surface area (Å²) in [6.45, 7) is 10.6. The molecule has 1 amide bonds. The summed E-state index contributed by atoms with van der Waals surface area (Å²) >= 11 is 1.36. The van der Waals surface area contributed by atoms with Crippen LogP contribution < -0.4 is 10.6 Å². The molecule has 1 aromatic heterocycles. The Hall–Kier alpha value is -1.57. The normalized spacial score (nSPS) is 16.4. The van der Waals surface area contributed by atoms with Crippen molar-refractivity contribution in [2.24, 2.45) is 5.92 Å². The number of aromatic nitrogens is 2. The highest BCUT2D eigenvalue weighted by molar-refractivity contribution is 7.18. The van der Waals surface area contributed by atoms with Crippen molar-refractivity contribution in [3.63, 3.8) is 0 Å². The van der Waals surface area contributed by atoms with E-state index in [0.29, 0.717) is 31.3 Å². The van der Waals surface area contributed by atoms with Crippen LogP contribution in [-0.4, -0.2) is 53.0 Å². The van der Waals surface area contributed by atoms with Crippen LogP contribution in [0.25, 0.3) is 0 Å². The van der Waals surface area contributed by atoms with Gasteiger partial charge in [0.2, 0.25) is 10.3 Å². The van der Waals surface area contributed by atoms with Gasteiger partial charge in [0.1, 0.15) is 5.60 Å². The topological polar surface area (TPSA) is 84.6 Å². The van der Waals surface area contributed by atoms with Crippen LogP contribution in [0.4, 0.5) is 15.1 Å². The molecule has 0 saturated carbocycles. The molecule has 2 N–H and O–H groups in total. The van der Waals surface area contributed by atoms with E-state index < -0.39 is 5.60 Å². The van der Waals surface area contributed by atoms with Gasteiger partial charge < -0.3 is 20.3 Å². The highest BCUT2D eigenvalue weighted by Crippen LogP contribution is 2.24. The lowest BCUT2D eigenvalue weighted by atomic mass is 9.95. The van der Waals surface area contributed by atoms with Gasteiger partial charge in [-0.15, -0.1) is 10.2 Å². The fourth-order valence-corrected chi connectivity index (χ4v) is 2.50. The van der Waals surface area contributed by atoms with Gasteiger partial charge in [0.25, 0.3) is 0 Å². The second kappa shape index (κ2) is 6.05. The Labute approximate surface area is 129 Å².